The molecule has 3 rings (SSSR count). The molecule has 1 aliphatic carbocycles. The van der Waals surface area contributed by atoms with Crippen molar-refractivity contribution in [3.05, 3.63) is 11.9 Å². The van der Waals surface area contributed by atoms with Gasteiger partial charge in [-0.15, -0.1) is 0 Å². The molecule has 1 saturated carbocycles. The lowest BCUT2D eigenvalue weighted by atomic mass is 9.60. The van der Waals surface area contributed by atoms with E-state index in [1.54, 1.807) is 6.08 Å². The van der Waals surface area contributed by atoms with Gasteiger partial charge < -0.3 is 20.9 Å². The highest BCUT2D eigenvalue weighted by molar-refractivity contribution is 6.43. The fourth-order valence-corrected chi connectivity index (χ4v) is 3.74. The Labute approximate surface area is 136 Å². The molecule has 23 heavy (non-hydrogen) atoms. The number of rotatable bonds is 5. The van der Waals surface area contributed by atoms with Crippen LogP contribution in [0.15, 0.2) is 16.9 Å². The molecule has 1 saturated heterocycles. The molecule has 126 valence electrons. The summed E-state index contributed by atoms with van der Waals surface area (Å²) in [4.78, 5) is 28.7. The SMILES string of the molecule is CCNC(=O)C1=NCNC(NC2CC3(CCN(C=O)CC3)C2)=C1. The Hall–Kier alpha value is -2.05. The standard InChI is InChI=1S/C16H25N5O2/c1-2-17-15(23)13-7-14(19-10-18-13)20-12-8-16(9-12)3-5-21(11-22)6-4-16/h7,11-12,19-20H,2-6,8-10H2,1H3,(H,17,23). The van der Waals surface area contributed by atoms with Crippen LogP contribution in [0.5, 0.6) is 0 Å². The van der Waals surface area contributed by atoms with Gasteiger partial charge in [0.05, 0.1) is 0 Å². The number of nitrogens with one attached hydrogen (secondary N) is 3. The number of hydrogen-bond acceptors (Lipinski definition) is 5. The van der Waals surface area contributed by atoms with Crippen LogP contribution in [0, 0.1) is 5.41 Å². The van der Waals surface area contributed by atoms with Crippen LogP contribution in [-0.4, -0.2) is 55.3 Å². The van der Waals surface area contributed by atoms with E-state index in [1.165, 1.54) is 0 Å². The molecule has 2 heterocycles. The average Bonchev–Trinajstić information content (AvgIpc) is 2.54. The predicted molar refractivity (Wildman–Crippen MR) is 87.7 cm³/mol. The fourth-order valence-electron chi connectivity index (χ4n) is 3.74. The third-order valence-electron chi connectivity index (χ3n) is 5.10. The second-order valence-corrected chi connectivity index (χ2v) is 6.69. The van der Waals surface area contributed by atoms with Gasteiger partial charge in [-0.3, -0.25) is 14.6 Å². The Balaban J connectivity index is 1.49. The highest BCUT2D eigenvalue weighted by Crippen LogP contribution is 2.49. The Morgan fingerprint density at radius 2 is 2.22 bits per heavy atom. The van der Waals surface area contributed by atoms with Gasteiger partial charge in [0.2, 0.25) is 6.41 Å². The highest BCUT2D eigenvalue weighted by Gasteiger charge is 2.45. The first-order valence-corrected chi connectivity index (χ1v) is 8.38. The van der Waals surface area contributed by atoms with Gasteiger partial charge in [0.1, 0.15) is 18.2 Å². The Bertz CT molecular complexity index is 527. The number of aliphatic imine (C=N–C) groups is 1. The number of likely N-dealkylation sites (tertiary alicyclic amines) is 1. The van der Waals surface area contributed by atoms with Crippen molar-refractivity contribution in [3.8, 4) is 0 Å². The maximum Gasteiger partial charge on any atom is 0.269 e. The largest absolute Gasteiger partial charge is 0.369 e. The highest BCUT2D eigenvalue weighted by atomic mass is 16.2. The van der Waals surface area contributed by atoms with Gasteiger partial charge in [-0.2, -0.15) is 0 Å². The summed E-state index contributed by atoms with van der Waals surface area (Å²) in [5.74, 6) is 0.756. The molecule has 0 radical (unpaired) electrons. The third-order valence-corrected chi connectivity index (χ3v) is 5.10. The van der Waals surface area contributed by atoms with Crippen LogP contribution in [0.3, 0.4) is 0 Å². The first-order valence-electron chi connectivity index (χ1n) is 8.38. The lowest BCUT2D eigenvalue weighted by Gasteiger charge is -2.52. The molecule has 0 atom stereocenters. The molecule has 1 spiro atoms. The summed E-state index contributed by atoms with van der Waals surface area (Å²) in [6.45, 7) is 4.69. The molecule has 3 aliphatic rings. The molecule has 0 aromatic carbocycles. The van der Waals surface area contributed by atoms with Crippen LogP contribution in [-0.2, 0) is 9.59 Å². The molecule has 2 fully saturated rings. The van der Waals surface area contributed by atoms with Crippen molar-refractivity contribution >= 4 is 18.0 Å². The minimum Gasteiger partial charge on any atom is -0.369 e. The first kappa shape index (κ1) is 15.8. The predicted octanol–water partition coefficient (Wildman–Crippen LogP) is -0.0438. The van der Waals surface area contributed by atoms with Crippen molar-refractivity contribution in [1.82, 2.24) is 20.9 Å². The maximum absolute atomic E-state index is 11.8. The van der Waals surface area contributed by atoms with Crippen LogP contribution in [0.2, 0.25) is 0 Å². The van der Waals surface area contributed by atoms with E-state index < -0.39 is 0 Å². The molecule has 0 aromatic heterocycles. The molecule has 2 aliphatic heterocycles. The fraction of sp³-hybridized carbons (Fsp3) is 0.688. The normalized spacial score (nSPS) is 23.3. The summed E-state index contributed by atoms with van der Waals surface area (Å²) >= 11 is 0. The Kier molecular flexibility index (Phi) is 4.54. The zero-order chi connectivity index (χ0) is 16.3. The monoisotopic (exact) mass is 319 g/mol. The smallest absolute Gasteiger partial charge is 0.269 e. The van der Waals surface area contributed by atoms with Crippen molar-refractivity contribution < 1.29 is 9.59 Å². The van der Waals surface area contributed by atoms with Gasteiger partial charge in [-0.05, 0) is 38.0 Å². The van der Waals surface area contributed by atoms with Gasteiger partial charge in [-0.1, -0.05) is 0 Å². The summed E-state index contributed by atoms with van der Waals surface area (Å²) < 4.78 is 0. The van der Waals surface area contributed by atoms with Crippen LogP contribution in [0.4, 0.5) is 0 Å². The van der Waals surface area contributed by atoms with E-state index in [0.717, 1.165) is 51.0 Å². The van der Waals surface area contributed by atoms with Crippen molar-refractivity contribution in [3.63, 3.8) is 0 Å². The molecule has 7 heteroatoms. The molecular formula is C16H25N5O2. The summed E-state index contributed by atoms with van der Waals surface area (Å²) in [5, 5.41) is 9.44. The Morgan fingerprint density at radius 3 is 2.87 bits per heavy atom. The van der Waals surface area contributed by atoms with Gasteiger partial charge in [0.15, 0.2) is 0 Å². The third kappa shape index (κ3) is 3.48. The molecule has 0 unspecified atom stereocenters. The molecule has 2 amide bonds. The number of nitrogens with zero attached hydrogens (tertiary/aromatic N) is 2. The second kappa shape index (κ2) is 6.60. The zero-order valence-corrected chi connectivity index (χ0v) is 13.6. The number of amides is 2. The minimum absolute atomic E-state index is 0.125. The lowest BCUT2D eigenvalue weighted by Crippen LogP contribution is -2.54. The number of hydrogen-bond donors (Lipinski definition) is 3. The van der Waals surface area contributed by atoms with E-state index in [-0.39, 0.29) is 5.91 Å². The summed E-state index contributed by atoms with van der Waals surface area (Å²) in [7, 11) is 0. The number of carbonyl (C=O) groups is 2. The molecule has 3 N–H and O–H groups in total. The summed E-state index contributed by atoms with van der Waals surface area (Å²) in [5.41, 5.74) is 0.879. The van der Waals surface area contributed by atoms with Gasteiger partial charge in [-0.25, -0.2) is 0 Å². The van der Waals surface area contributed by atoms with E-state index in [2.05, 4.69) is 20.9 Å². The van der Waals surface area contributed by atoms with Crippen molar-refractivity contribution in [2.45, 2.75) is 38.6 Å². The molecule has 7 nitrogen and oxygen atoms in total. The topological polar surface area (TPSA) is 85.8 Å². The lowest BCUT2D eigenvalue weighted by molar-refractivity contribution is -0.121. The zero-order valence-electron chi connectivity index (χ0n) is 13.6. The maximum atomic E-state index is 11.8. The van der Waals surface area contributed by atoms with Gasteiger partial charge in [0.25, 0.3) is 5.91 Å². The average molecular weight is 319 g/mol. The molecule has 0 aromatic rings. The van der Waals surface area contributed by atoms with Crippen LogP contribution >= 0.6 is 0 Å². The van der Waals surface area contributed by atoms with Crippen molar-refractivity contribution in [2.75, 3.05) is 26.3 Å². The van der Waals surface area contributed by atoms with Gasteiger partial charge in [0, 0.05) is 31.8 Å². The molecular weight excluding hydrogens is 294 g/mol. The summed E-state index contributed by atoms with van der Waals surface area (Å²) in [6, 6.07) is 0.435. The van der Waals surface area contributed by atoms with Crippen molar-refractivity contribution in [2.24, 2.45) is 10.4 Å². The number of carbonyl (C=O) groups excluding carboxylic acids is 2. The summed E-state index contributed by atoms with van der Waals surface area (Å²) in [6.07, 6.45) is 7.21. The van der Waals surface area contributed by atoms with E-state index in [9.17, 15) is 9.59 Å². The van der Waals surface area contributed by atoms with Crippen LogP contribution < -0.4 is 16.0 Å². The van der Waals surface area contributed by atoms with Crippen molar-refractivity contribution in [1.29, 1.82) is 0 Å². The second-order valence-electron chi connectivity index (χ2n) is 6.69. The van der Waals surface area contributed by atoms with E-state index >= 15 is 0 Å². The minimum atomic E-state index is -0.125. The van der Waals surface area contributed by atoms with E-state index in [1.807, 2.05) is 11.8 Å². The van der Waals surface area contributed by atoms with Gasteiger partial charge >= 0.3 is 0 Å². The van der Waals surface area contributed by atoms with E-state index in [0.29, 0.717) is 30.4 Å². The first-order chi connectivity index (χ1) is 11.1. The molecule has 0 bridgehead atoms. The Morgan fingerprint density at radius 1 is 1.48 bits per heavy atom. The van der Waals surface area contributed by atoms with Crippen LogP contribution in [0.1, 0.15) is 32.6 Å². The van der Waals surface area contributed by atoms with Crippen LogP contribution in [0.25, 0.3) is 0 Å². The quantitative estimate of drug-likeness (QED) is 0.621. The van der Waals surface area contributed by atoms with E-state index in [4.69, 9.17) is 0 Å². The number of piperidine rings is 1.